The van der Waals surface area contributed by atoms with Crippen LogP contribution in [-0.4, -0.2) is 77.6 Å². The van der Waals surface area contributed by atoms with Gasteiger partial charge in [-0.05, 0) is 47.7 Å². The number of ketones is 1. The van der Waals surface area contributed by atoms with E-state index in [1.165, 1.54) is 17.1 Å². The highest BCUT2D eigenvalue weighted by molar-refractivity contribution is 7.89. The molecule has 2 aliphatic heterocycles. The molecule has 0 aromatic heterocycles. The van der Waals surface area contributed by atoms with Crippen molar-refractivity contribution in [3.8, 4) is 0 Å². The van der Waals surface area contributed by atoms with Gasteiger partial charge in [0.25, 0.3) is 11.7 Å². The quantitative estimate of drug-likeness (QED) is 0.214. The van der Waals surface area contributed by atoms with Gasteiger partial charge in [-0.3, -0.25) is 24.2 Å². The second kappa shape index (κ2) is 12.7. The van der Waals surface area contributed by atoms with E-state index in [4.69, 9.17) is 5.53 Å². The molecule has 3 atom stereocenters. The van der Waals surface area contributed by atoms with Crippen LogP contribution in [-0.2, 0) is 35.6 Å². The topological polar surface area (TPSA) is 169 Å². The molecule has 3 amide bonds. The van der Waals surface area contributed by atoms with E-state index < -0.39 is 51.7 Å². The molecule has 2 aliphatic rings. The molecule has 2 fully saturated rings. The lowest BCUT2D eigenvalue weighted by Gasteiger charge is -2.43. The highest BCUT2D eigenvalue weighted by Crippen LogP contribution is 2.26. The monoisotopic (exact) mass is 602 g/mol. The van der Waals surface area contributed by atoms with Crippen molar-refractivity contribution in [3.63, 3.8) is 0 Å². The molecular weight excluding hydrogens is 572 g/mol. The van der Waals surface area contributed by atoms with Crippen LogP contribution >= 0.6 is 0 Å². The van der Waals surface area contributed by atoms with Crippen molar-refractivity contribution in [2.75, 3.05) is 6.54 Å². The van der Waals surface area contributed by atoms with Crippen molar-refractivity contribution < 1.29 is 32.4 Å². The van der Waals surface area contributed by atoms with Gasteiger partial charge in [-0.2, -0.15) is 9.51 Å². The Morgan fingerprint density at radius 2 is 1.72 bits per heavy atom. The summed E-state index contributed by atoms with van der Waals surface area (Å²) < 4.78 is 29.2. The molecule has 2 N–H and O–H groups in total. The Morgan fingerprint density at radius 1 is 1.00 bits per heavy atom. The maximum atomic E-state index is 13.9. The average Bonchev–Trinajstić information content (AvgIpc) is 3.13. The molecule has 0 bridgehead atoms. The largest absolute Gasteiger partial charge is 0.361 e. The summed E-state index contributed by atoms with van der Waals surface area (Å²) in [5.41, 5.74) is 9.66. The minimum absolute atomic E-state index is 0.0350. The molecule has 5 rings (SSSR count). The number of hydrogen-bond acceptors (Lipinski definition) is 6. The van der Waals surface area contributed by atoms with E-state index in [9.17, 15) is 27.6 Å². The van der Waals surface area contributed by atoms with E-state index in [0.717, 1.165) is 16.0 Å². The molecule has 0 spiro atoms. The van der Waals surface area contributed by atoms with E-state index in [2.05, 4.69) is 14.8 Å². The van der Waals surface area contributed by atoms with E-state index in [1.54, 1.807) is 48.5 Å². The third kappa shape index (κ3) is 6.54. The first-order valence-corrected chi connectivity index (χ1v) is 15.4. The zero-order chi connectivity index (χ0) is 30.6. The molecule has 222 valence electrons. The highest BCUT2D eigenvalue weighted by atomic mass is 32.2. The summed E-state index contributed by atoms with van der Waals surface area (Å²) in [4.78, 5) is 56.0. The summed E-state index contributed by atoms with van der Waals surface area (Å²) >= 11 is 0. The van der Waals surface area contributed by atoms with Crippen molar-refractivity contribution in [2.45, 2.75) is 55.1 Å². The summed E-state index contributed by atoms with van der Waals surface area (Å²) in [5, 5.41) is 6.44. The Kier molecular flexibility index (Phi) is 8.76. The number of sulfonamides is 1. The first-order valence-electron chi connectivity index (χ1n) is 13.9. The lowest BCUT2D eigenvalue weighted by Crippen LogP contribution is -2.64. The molecule has 0 radical (unpaired) electrons. The van der Waals surface area contributed by atoms with Crippen LogP contribution in [0.15, 0.2) is 77.7 Å². The fraction of sp³-hybridized carbons (Fsp3) is 0.300. The Bertz CT molecular complexity index is 1720. The van der Waals surface area contributed by atoms with Gasteiger partial charge in [0.1, 0.15) is 18.1 Å². The predicted molar refractivity (Wildman–Crippen MR) is 156 cm³/mol. The number of Topliss-reactive ketones (excluding diaryl/α,β-unsaturated/α-hetero) is 1. The van der Waals surface area contributed by atoms with Crippen molar-refractivity contribution in [2.24, 2.45) is 0 Å². The Balaban J connectivity index is 1.39. The SMILES string of the molecule is [N-]=[N+]=CC(=O)[C@H](Cc1ccccc1)NC(=O)C1CCCN2C(=O)CCC(NS(=O)(=O)c3ccc4ccccc4c3)C(=O)N12. The van der Waals surface area contributed by atoms with Crippen LogP contribution in [0.3, 0.4) is 0 Å². The number of carbonyl (C=O) groups excluding carboxylic acids is 4. The van der Waals surface area contributed by atoms with Gasteiger partial charge in [0.15, 0.2) is 0 Å². The van der Waals surface area contributed by atoms with Crippen molar-refractivity contribution in [1.82, 2.24) is 20.1 Å². The average molecular weight is 603 g/mol. The molecule has 2 unspecified atom stereocenters. The third-order valence-electron chi connectivity index (χ3n) is 7.62. The standard InChI is InChI=1S/C30H30N6O6S/c31-32-19-27(37)25(17-20-7-2-1-3-8-20)33-29(39)26-11-6-16-35-28(38)15-14-24(30(40)36(26)35)34-43(41,42)23-13-12-21-9-4-5-10-22(21)18-23/h1-5,7-10,12-13,18-19,24-26,34H,6,11,14-17H2,(H,33,39)/t24?,25-,26?/m0/s1. The number of benzene rings is 3. The second-order valence-corrected chi connectivity index (χ2v) is 12.2. The minimum atomic E-state index is -4.18. The molecule has 0 saturated carbocycles. The Morgan fingerprint density at radius 3 is 2.47 bits per heavy atom. The van der Waals surface area contributed by atoms with Gasteiger partial charge in [0.2, 0.25) is 21.8 Å². The predicted octanol–water partition coefficient (Wildman–Crippen LogP) is 1.61. The van der Waals surface area contributed by atoms with Crippen molar-refractivity contribution in [1.29, 1.82) is 0 Å². The maximum Gasteiger partial charge on any atom is 0.325 e. The number of hydrogen-bond donors (Lipinski definition) is 2. The van der Waals surface area contributed by atoms with Crippen LogP contribution in [0.4, 0.5) is 0 Å². The number of nitrogens with one attached hydrogen (secondary N) is 2. The zero-order valence-corrected chi connectivity index (χ0v) is 23.9. The maximum absolute atomic E-state index is 13.9. The number of hydrazine groups is 1. The van der Waals surface area contributed by atoms with Gasteiger partial charge >= 0.3 is 6.21 Å². The smallest absolute Gasteiger partial charge is 0.325 e. The first kappa shape index (κ1) is 29.8. The van der Waals surface area contributed by atoms with Crippen LogP contribution in [0.2, 0.25) is 0 Å². The van der Waals surface area contributed by atoms with E-state index >= 15 is 0 Å². The normalized spacial score (nSPS) is 19.6. The van der Waals surface area contributed by atoms with Gasteiger partial charge < -0.3 is 10.8 Å². The van der Waals surface area contributed by atoms with E-state index in [1.807, 2.05) is 12.1 Å². The molecular formula is C30H30N6O6S. The van der Waals surface area contributed by atoms with Gasteiger partial charge in [0.05, 0.1) is 4.90 Å². The summed E-state index contributed by atoms with van der Waals surface area (Å²) in [7, 11) is -4.18. The minimum Gasteiger partial charge on any atom is -0.361 e. The molecule has 43 heavy (non-hydrogen) atoms. The van der Waals surface area contributed by atoms with E-state index in [-0.39, 0.29) is 37.1 Å². The number of rotatable bonds is 9. The summed E-state index contributed by atoms with van der Waals surface area (Å²) in [6.45, 7) is 0.183. The van der Waals surface area contributed by atoms with Crippen molar-refractivity contribution >= 4 is 50.5 Å². The van der Waals surface area contributed by atoms with Crippen LogP contribution in [0.5, 0.6) is 0 Å². The summed E-state index contributed by atoms with van der Waals surface area (Å²) in [5.74, 6) is -2.50. The molecule has 2 heterocycles. The van der Waals surface area contributed by atoms with Gasteiger partial charge in [0, 0.05) is 19.4 Å². The third-order valence-corrected chi connectivity index (χ3v) is 9.09. The number of carbonyl (C=O) groups is 4. The van der Waals surface area contributed by atoms with Gasteiger partial charge in [-0.15, -0.1) is 0 Å². The molecule has 13 heteroatoms. The van der Waals surface area contributed by atoms with Crippen LogP contribution in [0.25, 0.3) is 16.3 Å². The molecule has 2 saturated heterocycles. The first-order chi connectivity index (χ1) is 20.7. The number of nitrogens with zero attached hydrogens (tertiary/aromatic N) is 4. The lowest BCUT2D eigenvalue weighted by atomic mass is 10.0. The second-order valence-electron chi connectivity index (χ2n) is 10.5. The Hall–Kier alpha value is -4.71. The fourth-order valence-corrected chi connectivity index (χ4v) is 6.72. The lowest BCUT2D eigenvalue weighted by molar-refractivity contribution is -0.176. The molecule has 12 nitrogen and oxygen atoms in total. The summed E-state index contributed by atoms with van der Waals surface area (Å²) in [6.07, 6.45) is 1.19. The Labute approximate surface area is 248 Å². The highest BCUT2D eigenvalue weighted by Gasteiger charge is 2.45. The molecule has 3 aromatic rings. The zero-order valence-electron chi connectivity index (χ0n) is 23.1. The van der Waals surface area contributed by atoms with Gasteiger partial charge in [-0.1, -0.05) is 60.7 Å². The van der Waals surface area contributed by atoms with Gasteiger partial charge in [-0.25, -0.2) is 13.4 Å². The van der Waals surface area contributed by atoms with E-state index in [0.29, 0.717) is 18.0 Å². The van der Waals surface area contributed by atoms with Crippen LogP contribution in [0, 0.1) is 0 Å². The van der Waals surface area contributed by atoms with Crippen LogP contribution < -0.4 is 10.0 Å². The number of amides is 3. The molecule has 0 aliphatic carbocycles. The van der Waals surface area contributed by atoms with Crippen LogP contribution in [0.1, 0.15) is 31.2 Å². The number of fused-ring (bicyclic) bond motifs is 2. The summed E-state index contributed by atoms with van der Waals surface area (Å²) in [6, 6.07) is 17.2. The van der Waals surface area contributed by atoms with Crippen molar-refractivity contribution in [3.05, 3.63) is 83.9 Å². The fourth-order valence-electron chi connectivity index (χ4n) is 5.46. The molecule has 3 aromatic carbocycles.